The number of hydrogen-bond acceptors (Lipinski definition) is 3. The smallest absolute Gasteiger partial charge is 0.227 e. The molecule has 2 aliphatic rings. The number of aromatic nitrogens is 1. The number of nitrogens with zero attached hydrogens (tertiary/aromatic N) is 3. The Bertz CT molecular complexity index is 756. The lowest BCUT2D eigenvalue weighted by Gasteiger charge is -2.37. The van der Waals surface area contributed by atoms with Crippen molar-refractivity contribution < 1.29 is 4.79 Å². The van der Waals surface area contributed by atoms with Crippen molar-refractivity contribution in [3.63, 3.8) is 0 Å². The molecule has 4 rings (SSSR count). The van der Waals surface area contributed by atoms with Crippen molar-refractivity contribution >= 4 is 11.7 Å². The summed E-state index contributed by atoms with van der Waals surface area (Å²) in [6.07, 6.45) is 4.91. The summed E-state index contributed by atoms with van der Waals surface area (Å²) < 4.78 is 0. The zero-order chi connectivity index (χ0) is 17.2. The maximum absolute atomic E-state index is 13.1. The van der Waals surface area contributed by atoms with Crippen molar-refractivity contribution in [2.45, 2.75) is 32.7 Å². The molecule has 0 N–H and O–H groups in total. The van der Waals surface area contributed by atoms with Gasteiger partial charge in [-0.25, -0.2) is 4.98 Å². The van der Waals surface area contributed by atoms with Crippen LogP contribution in [0.3, 0.4) is 0 Å². The first-order valence-corrected chi connectivity index (χ1v) is 9.24. The van der Waals surface area contributed by atoms with Gasteiger partial charge in [-0.15, -0.1) is 0 Å². The average Bonchev–Trinajstić information content (AvgIpc) is 2.68. The molecular weight excluding hydrogens is 310 g/mol. The van der Waals surface area contributed by atoms with Gasteiger partial charge in [0.05, 0.1) is 5.92 Å². The van der Waals surface area contributed by atoms with Crippen molar-refractivity contribution in [1.29, 1.82) is 0 Å². The molecule has 1 amide bonds. The van der Waals surface area contributed by atoms with E-state index in [-0.39, 0.29) is 5.92 Å². The number of pyridine rings is 1. The average molecular weight is 335 g/mol. The molecule has 25 heavy (non-hydrogen) atoms. The number of carbonyl (C=O) groups is 1. The van der Waals surface area contributed by atoms with Crippen LogP contribution in [0.4, 0.5) is 5.82 Å². The number of rotatable bonds is 2. The van der Waals surface area contributed by atoms with Crippen molar-refractivity contribution in [2.24, 2.45) is 5.92 Å². The molecule has 1 aromatic carbocycles. The minimum atomic E-state index is 0.0853. The molecule has 4 nitrogen and oxygen atoms in total. The third-order valence-electron chi connectivity index (χ3n) is 5.43. The lowest BCUT2D eigenvalue weighted by atomic mass is 9.94. The van der Waals surface area contributed by atoms with Crippen LogP contribution in [-0.2, 0) is 17.8 Å². The van der Waals surface area contributed by atoms with Crippen molar-refractivity contribution in [3.8, 4) is 0 Å². The summed E-state index contributed by atoms with van der Waals surface area (Å²) in [5.41, 5.74) is 3.86. The Kier molecular flexibility index (Phi) is 4.43. The number of benzene rings is 1. The Labute approximate surface area is 149 Å². The van der Waals surface area contributed by atoms with Crippen LogP contribution in [0, 0.1) is 12.8 Å². The Morgan fingerprint density at radius 2 is 1.96 bits per heavy atom. The normalized spacial score (nSPS) is 20.3. The molecule has 1 fully saturated rings. The molecule has 0 saturated carbocycles. The van der Waals surface area contributed by atoms with Crippen LogP contribution in [0.5, 0.6) is 0 Å². The molecule has 1 atom stereocenters. The van der Waals surface area contributed by atoms with E-state index in [1.807, 2.05) is 13.1 Å². The Morgan fingerprint density at radius 1 is 1.12 bits per heavy atom. The lowest BCUT2D eigenvalue weighted by molar-refractivity contribution is -0.136. The number of fused-ring (bicyclic) bond motifs is 1. The van der Waals surface area contributed by atoms with E-state index in [1.165, 1.54) is 16.7 Å². The van der Waals surface area contributed by atoms with Crippen molar-refractivity contribution in [2.75, 3.05) is 24.5 Å². The summed E-state index contributed by atoms with van der Waals surface area (Å²) >= 11 is 0. The zero-order valence-electron chi connectivity index (χ0n) is 14.8. The van der Waals surface area contributed by atoms with E-state index in [0.29, 0.717) is 5.91 Å². The molecule has 1 saturated heterocycles. The molecule has 2 aliphatic heterocycles. The Morgan fingerprint density at radius 3 is 2.76 bits per heavy atom. The van der Waals surface area contributed by atoms with E-state index >= 15 is 0 Å². The second-order valence-corrected chi connectivity index (χ2v) is 7.26. The van der Waals surface area contributed by atoms with Gasteiger partial charge >= 0.3 is 0 Å². The molecule has 0 radical (unpaired) electrons. The molecule has 1 unspecified atom stereocenters. The summed E-state index contributed by atoms with van der Waals surface area (Å²) in [6, 6.07) is 12.7. The van der Waals surface area contributed by atoms with Gasteiger partial charge in [-0.1, -0.05) is 30.3 Å². The number of hydrogen-bond donors (Lipinski definition) is 0. The van der Waals surface area contributed by atoms with Gasteiger partial charge in [0.25, 0.3) is 0 Å². The van der Waals surface area contributed by atoms with E-state index in [1.54, 1.807) is 0 Å². The maximum atomic E-state index is 13.1. The Balaban J connectivity index is 1.44. The number of piperidine rings is 1. The van der Waals surface area contributed by atoms with Gasteiger partial charge in [-0.3, -0.25) is 4.79 Å². The number of anilines is 1. The topological polar surface area (TPSA) is 36.4 Å². The molecule has 130 valence electrons. The monoisotopic (exact) mass is 335 g/mol. The number of amides is 1. The molecule has 3 heterocycles. The largest absolute Gasteiger partial charge is 0.356 e. The summed E-state index contributed by atoms with van der Waals surface area (Å²) in [6.45, 7) is 5.42. The third-order valence-corrected chi connectivity index (χ3v) is 5.43. The second-order valence-electron chi connectivity index (χ2n) is 7.26. The van der Waals surface area contributed by atoms with Gasteiger partial charge in [0.15, 0.2) is 0 Å². The van der Waals surface area contributed by atoms with Crippen LogP contribution in [0.15, 0.2) is 42.6 Å². The summed E-state index contributed by atoms with van der Waals surface area (Å²) in [4.78, 5) is 21.9. The first-order chi connectivity index (χ1) is 12.2. The van der Waals surface area contributed by atoms with Gasteiger partial charge < -0.3 is 9.80 Å². The summed E-state index contributed by atoms with van der Waals surface area (Å²) in [5.74, 6) is 1.39. The van der Waals surface area contributed by atoms with E-state index in [9.17, 15) is 4.79 Å². The van der Waals surface area contributed by atoms with Gasteiger partial charge in [0, 0.05) is 32.4 Å². The van der Waals surface area contributed by atoms with Gasteiger partial charge in [0.1, 0.15) is 5.82 Å². The predicted octanol–water partition coefficient (Wildman–Crippen LogP) is 3.19. The zero-order valence-corrected chi connectivity index (χ0v) is 14.8. The molecule has 2 aromatic rings. The fourth-order valence-corrected chi connectivity index (χ4v) is 3.98. The fourth-order valence-electron chi connectivity index (χ4n) is 3.98. The quantitative estimate of drug-likeness (QED) is 0.846. The number of aryl methyl sites for hydroxylation is 1. The van der Waals surface area contributed by atoms with Crippen LogP contribution in [0.1, 0.15) is 29.5 Å². The molecule has 0 spiro atoms. The highest BCUT2D eigenvalue weighted by Gasteiger charge is 2.31. The lowest BCUT2D eigenvalue weighted by Crippen LogP contribution is -2.46. The first-order valence-electron chi connectivity index (χ1n) is 9.24. The standard InChI is InChI=1S/C21H25N3O/c1-16-8-9-20(22-13-16)23-11-4-7-19(15-23)21(25)24-12-10-17-5-2-3-6-18(17)14-24/h2-3,5-6,8-9,13,19H,4,7,10-12,14-15H2,1H3. The Hall–Kier alpha value is -2.36. The second kappa shape index (κ2) is 6.87. The SMILES string of the molecule is Cc1ccc(N2CCCC(C(=O)N3CCc4ccccc4C3)C2)nc1. The maximum Gasteiger partial charge on any atom is 0.227 e. The van der Waals surface area contributed by atoms with Crippen LogP contribution in [0.2, 0.25) is 0 Å². The van der Waals surface area contributed by atoms with Crippen LogP contribution in [0.25, 0.3) is 0 Å². The summed E-state index contributed by atoms with van der Waals surface area (Å²) in [5, 5.41) is 0. The highest BCUT2D eigenvalue weighted by atomic mass is 16.2. The van der Waals surface area contributed by atoms with Crippen LogP contribution < -0.4 is 4.90 Å². The third kappa shape index (κ3) is 3.39. The molecule has 0 aliphatic carbocycles. The van der Waals surface area contributed by atoms with E-state index < -0.39 is 0 Å². The number of carbonyl (C=O) groups excluding carboxylic acids is 1. The van der Waals surface area contributed by atoms with Crippen molar-refractivity contribution in [1.82, 2.24) is 9.88 Å². The molecular formula is C21H25N3O. The fraction of sp³-hybridized carbons (Fsp3) is 0.429. The van der Waals surface area contributed by atoms with Gasteiger partial charge in [0.2, 0.25) is 5.91 Å². The molecule has 1 aromatic heterocycles. The minimum absolute atomic E-state index is 0.0853. The van der Waals surface area contributed by atoms with Crippen molar-refractivity contribution in [3.05, 3.63) is 59.3 Å². The first kappa shape index (κ1) is 16.1. The van der Waals surface area contributed by atoms with Gasteiger partial charge in [-0.2, -0.15) is 0 Å². The van der Waals surface area contributed by atoms with Crippen LogP contribution in [-0.4, -0.2) is 35.4 Å². The van der Waals surface area contributed by atoms with E-state index in [0.717, 1.165) is 51.3 Å². The van der Waals surface area contributed by atoms with E-state index in [2.05, 4.69) is 51.2 Å². The highest BCUT2D eigenvalue weighted by molar-refractivity contribution is 5.80. The van der Waals surface area contributed by atoms with Gasteiger partial charge in [-0.05, 0) is 48.9 Å². The summed E-state index contributed by atoms with van der Waals surface area (Å²) in [7, 11) is 0. The molecule has 4 heteroatoms. The van der Waals surface area contributed by atoms with Crippen LogP contribution >= 0.6 is 0 Å². The highest BCUT2D eigenvalue weighted by Crippen LogP contribution is 2.26. The molecule has 0 bridgehead atoms. The van der Waals surface area contributed by atoms with E-state index in [4.69, 9.17) is 0 Å². The predicted molar refractivity (Wildman–Crippen MR) is 99.5 cm³/mol. The minimum Gasteiger partial charge on any atom is -0.356 e.